The number of amides is 1. The van der Waals surface area contributed by atoms with Gasteiger partial charge in [0.1, 0.15) is 5.70 Å². The zero-order chi connectivity index (χ0) is 26.7. The number of aryl methyl sites for hydroxylation is 1. The van der Waals surface area contributed by atoms with Crippen LogP contribution in [-0.4, -0.2) is 51.6 Å². The van der Waals surface area contributed by atoms with Crippen LogP contribution >= 0.6 is 0 Å². The van der Waals surface area contributed by atoms with E-state index in [1.807, 2.05) is 25.1 Å². The van der Waals surface area contributed by atoms with Crippen LogP contribution in [0.3, 0.4) is 0 Å². The Morgan fingerprint density at radius 1 is 1.28 bits per heavy atom. The number of benzene rings is 1. The van der Waals surface area contributed by atoms with Crippen molar-refractivity contribution in [1.29, 1.82) is 0 Å². The summed E-state index contributed by atoms with van der Waals surface area (Å²) in [6.07, 6.45) is 4.84. The fraction of sp³-hybridized carbons (Fsp3) is 0.370. The molecule has 6 nitrogen and oxygen atoms in total. The highest BCUT2D eigenvalue weighted by molar-refractivity contribution is 6.17. The third-order valence-corrected chi connectivity index (χ3v) is 5.54. The molecule has 1 aliphatic rings. The molecule has 0 saturated carbocycles. The van der Waals surface area contributed by atoms with Gasteiger partial charge in [-0.1, -0.05) is 30.9 Å². The largest absolute Gasteiger partial charge is 0.481 e. The highest BCUT2D eigenvalue weighted by Crippen LogP contribution is 2.28. The third-order valence-electron chi connectivity index (χ3n) is 5.54. The van der Waals surface area contributed by atoms with Crippen LogP contribution in [0.5, 0.6) is 0 Å². The van der Waals surface area contributed by atoms with Crippen LogP contribution in [0, 0.1) is 12.8 Å². The number of rotatable bonds is 8. The first-order chi connectivity index (χ1) is 17.1. The van der Waals surface area contributed by atoms with Crippen molar-refractivity contribution in [3.8, 4) is 0 Å². The van der Waals surface area contributed by atoms with Crippen LogP contribution in [0.15, 0.2) is 70.3 Å². The zero-order valence-corrected chi connectivity index (χ0v) is 21.0. The smallest absolute Gasteiger partial charge is 0.433 e. The van der Waals surface area contributed by atoms with Gasteiger partial charge in [-0.25, -0.2) is 0 Å². The van der Waals surface area contributed by atoms with Gasteiger partial charge in [-0.05, 0) is 61.4 Å². The highest BCUT2D eigenvalue weighted by atomic mass is 19.4. The molecular weight excluding hydrogens is 471 g/mol. The second-order valence-electron chi connectivity index (χ2n) is 8.11. The van der Waals surface area contributed by atoms with Crippen molar-refractivity contribution in [1.82, 2.24) is 0 Å². The second-order valence-corrected chi connectivity index (χ2v) is 8.11. The number of hydrogen-bond acceptors (Lipinski definition) is 5. The van der Waals surface area contributed by atoms with Gasteiger partial charge in [0.2, 0.25) is 5.90 Å². The van der Waals surface area contributed by atoms with Gasteiger partial charge in [-0.15, -0.1) is 0 Å². The van der Waals surface area contributed by atoms with Gasteiger partial charge in [0.25, 0.3) is 5.91 Å². The molecule has 0 unspecified atom stereocenters. The number of allylic oxidation sites excluding steroid dienone is 5. The van der Waals surface area contributed by atoms with Crippen LogP contribution in [-0.2, 0) is 14.3 Å². The van der Waals surface area contributed by atoms with Crippen LogP contribution in [0.4, 0.5) is 18.9 Å². The topological polar surface area (TPSA) is 72.3 Å². The molecule has 194 valence electrons. The molecule has 1 fully saturated rings. The third kappa shape index (κ3) is 8.64. The van der Waals surface area contributed by atoms with Crippen molar-refractivity contribution < 1.29 is 27.4 Å². The lowest BCUT2D eigenvalue weighted by Crippen LogP contribution is -2.16. The highest BCUT2D eigenvalue weighted by Gasteiger charge is 2.32. The number of halogens is 3. The number of alkyl halides is 3. The number of nitrogens with one attached hydrogen (secondary N) is 1. The quantitative estimate of drug-likeness (QED) is 0.203. The molecule has 1 aliphatic heterocycles. The summed E-state index contributed by atoms with van der Waals surface area (Å²) in [5.41, 5.74) is 1.76. The Bertz CT molecular complexity index is 1090. The number of ether oxygens (including phenoxy) is 2. The fourth-order valence-electron chi connectivity index (χ4n) is 3.45. The van der Waals surface area contributed by atoms with Gasteiger partial charge < -0.3 is 14.8 Å². The maximum atomic E-state index is 12.9. The van der Waals surface area contributed by atoms with Crippen LogP contribution < -0.4 is 5.32 Å². The predicted octanol–water partition coefficient (Wildman–Crippen LogP) is 6.07. The summed E-state index contributed by atoms with van der Waals surface area (Å²) in [6, 6.07) is 5.34. The van der Waals surface area contributed by atoms with E-state index in [2.05, 4.69) is 28.0 Å². The molecule has 0 bridgehead atoms. The number of anilines is 1. The summed E-state index contributed by atoms with van der Waals surface area (Å²) in [5.74, 6) is 0.155. The Labute approximate surface area is 210 Å². The second kappa shape index (κ2) is 13.6. The Morgan fingerprint density at radius 3 is 2.56 bits per heavy atom. The van der Waals surface area contributed by atoms with Gasteiger partial charge >= 0.3 is 6.18 Å². The first-order valence-electron chi connectivity index (χ1n) is 11.5. The van der Waals surface area contributed by atoms with Crippen LogP contribution in [0.25, 0.3) is 5.57 Å². The van der Waals surface area contributed by atoms with E-state index >= 15 is 0 Å². The Hall–Kier alpha value is -3.46. The molecule has 9 heteroatoms. The van der Waals surface area contributed by atoms with Crippen molar-refractivity contribution in [2.45, 2.75) is 32.9 Å². The Morgan fingerprint density at radius 2 is 1.97 bits per heavy atom. The summed E-state index contributed by atoms with van der Waals surface area (Å²) in [6.45, 7) is 8.14. The van der Waals surface area contributed by atoms with Gasteiger partial charge in [-0.3, -0.25) is 14.8 Å². The number of carbonyl (C=O) groups excluding carboxylic acids is 1. The van der Waals surface area contributed by atoms with Gasteiger partial charge in [0.15, 0.2) is 0 Å². The van der Waals surface area contributed by atoms with Crippen LogP contribution in [0.1, 0.15) is 30.9 Å². The summed E-state index contributed by atoms with van der Waals surface area (Å²) >= 11 is 0. The molecule has 0 aliphatic carbocycles. The summed E-state index contributed by atoms with van der Waals surface area (Å²) in [7, 11) is 3.16. The lowest BCUT2D eigenvalue weighted by Gasteiger charge is -2.19. The molecule has 1 heterocycles. The SMILES string of the molecule is C=C(/C=N\C(=C/C)C(F)(F)F)C(=O)Nc1ccc(C)c(C(/C=C/C2CCOCC2)=C/C(=N\C)OC)c1. The molecule has 0 atom stereocenters. The number of methoxy groups -OCH3 is 1. The minimum absolute atomic E-state index is 0.212. The summed E-state index contributed by atoms with van der Waals surface area (Å²) in [5, 5.41) is 2.67. The number of aliphatic imine (C=N–C) groups is 2. The lowest BCUT2D eigenvalue weighted by molar-refractivity contribution is -0.112. The minimum atomic E-state index is -4.61. The molecule has 1 amide bonds. The summed E-state index contributed by atoms with van der Waals surface area (Å²) < 4.78 is 49.3. The van der Waals surface area contributed by atoms with E-state index in [9.17, 15) is 18.0 Å². The van der Waals surface area contributed by atoms with Gasteiger partial charge in [-0.2, -0.15) is 13.2 Å². The number of hydrogen-bond donors (Lipinski definition) is 1. The minimum Gasteiger partial charge on any atom is -0.481 e. The van der Waals surface area contributed by atoms with Gasteiger partial charge in [0.05, 0.1) is 12.7 Å². The van der Waals surface area contributed by atoms with Crippen molar-refractivity contribution in [3.05, 3.63) is 71.5 Å². The van der Waals surface area contributed by atoms with E-state index in [1.165, 1.54) is 14.0 Å². The first-order valence-corrected chi connectivity index (χ1v) is 11.5. The van der Waals surface area contributed by atoms with Crippen molar-refractivity contribution in [2.24, 2.45) is 15.9 Å². The van der Waals surface area contributed by atoms with E-state index in [0.29, 0.717) is 17.5 Å². The molecule has 36 heavy (non-hydrogen) atoms. The standard InChI is InChI=1S/C27H32F3N3O3/c1-6-24(27(28,29)30)32-17-19(3)26(34)33-22-10-7-18(2)23(16-22)21(15-25(31-4)35-5)9-8-20-11-13-36-14-12-20/h6-10,15-17,20H,3,11-14H2,1-2,4-5H3,(H,33,34)/b9-8+,21-15+,24-6-,31-25+,32-17-. The Balaban J connectivity index is 2.30. The maximum absolute atomic E-state index is 12.9. The molecule has 0 spiro atoms. The van der Waals surface area contributed by atoms with E-state index < -0.39 is 17.8 Å². The average molecular weight is 504 g/mol. The van der Waals surface area contributed by atoms with E-state index in [-0.39, 0.29) is 5.57 Å². The van der Waals surface area contributed by atoms with Crippen molar-refractivity contribution in [3.63, 3.8) is 0 Å². The lowest BCUT2D eigenvalue weighted by atomic mass is 9.95. The van der Waals surface area contributed by atoms with Crippen molar-refractivity contribution in [2.75, 3.05) is 32.7 Å². The van der Waals surface area contributed by atoms with Crippen molar-refractivity contribution >= 4 is 29.3 Å². The Kier molecular flexibility index (Phi) is 10.9. The molecule has 0 radical (unpaired) electrons. The molecule has 2 rings (SSSR count). The average Bonchev–Trinajstić information content (AvgIpc) is 2.85. The fourth-order valence-corrected chi connectivity index (χ4v) is 3.45. The zero-order valence-electron chi connectivity index (χ0n) is 21.0. The first kappa shape index (κ1) is 28.8. The normalized spacial score (nSPS) is 16.6. The number of carbonyl (C=O) groups is 1. The van der Waals surface area contributed by atoms with Crippen LogP contribution in [0.2, 0.25) is 0 Å². The van der Waals surface area contributed by atoms with E-state index in [1.54, 1.807) is 19.2 Å². The summed E-state index contributed by atoms with van der Waals surface area (Å²) in [4.78, 5) is 20.0. The maximum Gasteiger partial charge on any atom is 0.433 e. The van der Waals surface area contributed by atoms with Gasteiger partial charge in [0, 0.05) is 38.2 Å². The molecule has 1 aromatic carbocycles. The van der Waals surface area contributed by atoms with E-state index in [0.717, 1.165) is 55.0 Å². The number of nitrogens with zero attached hydrogens (tertiary/aromatic N) is 2. The monoisotopic (exact) mass is 503 g/mol. The molecule has 0 aromatic heterocycles. The molecular formula is C27H32F3N3O3. The molecule has 1 saturated heterocycles. The molecule has 1 aromatic rings. The predicted molar refractivity (Wildman–Crippen MR) is 138 cm³/mol. The molecule has 1 N–H and O–H groups in total. The van der Waals surface area contributed by atoms with E-state index in [4.69, 9.17) is 9.47 Å².